The summed E-state index contributed by atoms with van der Waals surface area (Å²) < 4.78 is 5.53. The van der Waals surface area contributed by atoms with Crippen LogP contribution < -0.4 is 10.6 Å². The van der Waals surface area contributed by atoms with Crippen molar-refractivity contribution in [3.63, 3.8) is 0 Å². The second kappa shape index (κ2) is 9.96. The zero-order valence-electron chi connectivity index (χ0n) is 18.0. The first-order valence-corrected chi connectivity index (χ1v) is 10.4. The number of aliphatic imine (C=N–C) groups is 1. The minimum atomic E-state index is -1.12. The number of nitrogens with one attached hydrogen (secondary N) is 2. The van der Waals surface area contributed by atoms with Gasteiger partial charge in [0, 0.05) is 37.7 Å². The van der Waals surface area contributed by atoms with Crippen molar-refractivity contribution in [1.82, 2.24) is 15.5 Å². The number of aryl methyl sites for hydroxylation is 2. The van der Waals surface area contributed by atoms with Gasteiger partial charge < -0.3 is 25.1 Å². The van der Waals surface area contributed by atoms with Gasteiger partial charge in [0.1, 0.15) is 17.1 Å². The highest BCUT2D eigenvalue weighted by molar-refractivity contribution is 5.81. The summed E-state index contributed by atoms with van der Waals surface area (Å²) in [4.78, 5) is 19.0. The summed E-state index contributed by atoms with van der Waals surface area (Å²) >= 11 is 0. The van der Waals surface area contributed by atoms with Crippen molar-refractivity contribution < 1.29 is 14.3 Å². The quantitative estimate of drug-likeness (QED) is 0.490. The molecule has 0 bridgehead atoms. The maximum absolute atomic E-state index is 12.5. The average molecular weight is 393 g/mol. The van der Waals surface area contributed by atoms with Crippen molar-refractivity contribution in [2.45, 2.75) is 71.9 Å². The van der Waals surface area contributed by atoms with E-state index >= 15 is 0 Å². The number of aliphatic hydroxyl groups is 1. The Bertz CT molecular complexity index is 681. The van der Waals surface area contributed by atoms with Crippen molar-refractivity contribution in [2.24, 2.45) is 4.99 Å². The lowest BCUT2D eigenvalue weighted by Gasteiger charge is -2.33. The maximum atomic E-state index is 12.5. The number of hydrogen-bond donors (Lipinski definition) is 3. The Morgan fingerprint density at radius 3 is 2.75 bits per heavy atom. The summed E-state index contributed by atoms with van der Waals surface area (Å²) in [5.41, 5.74) is -0.373. The Kier molecular flexibility index (Phi) is 7.92. The number of likely N-dealkylation sites (tertiary alicyclic amines) is 1. The molecule has 1 aromatic heterocycles. The molecule has 1 fully saturated rings. The normalized spacial score (nSPS) is 20.0. The monoisotopic (exact) mass is 392 g/mol. The van der Waals surface area contributed by atoms with Crippen LogP contribution in [0.4, 0.5) is 0 Å². The molecule has 0 saturated carbocycles. The van der Waals surface area contributed by atoms with Crippen LogP contribution in [0.1, 0.15) is 63.5 Å². The number of guanidine groups is 1. The second-order valence-corrected chi connectivity index (χ2v) is 7.90. The lowest BCUT2D eigenvalue weighted by Crippen LogP contribution is -2.44. The predicted molar refractivity (Wildman–Crippen MR) is 111 cm³/mol. The molecule has 1 amide bonds. The molecule has 28 heavy (non-hydrogen) atoms. The van der Waals surface area contributed by atoms with E-state index in [1.54, 1.807) is 6.92 Å². The van der Waals surface area contributed by atoms with E-state index in [-0.39, 0.29) is 12.5 Å². The maximum Gasteiger partial charge on any atom is 0.224 e. The second-order valence-electron chi connectivity index (χ2n) is 7.90. The van der Waals surface area contributed by atoms with Gasteiger partial charge in [-0.2, -0.15) is 0 Å². The zero-order valence-corrected chi connectivity index (χ0v) is 18.0. The van der Waals surface area contributed by atoms with E-state index < -0.39 is 5.60 Å². The Labute approximate surface area is 168 Å². The molecule has 3 N–H and O–H groups in total. The van der Waals surface area contributed by atoms with Crippen molar-refractivity contribution in [1.29, 1.82) is 0 Å². The number of rotatable bonds is 7. The molecule has 2 unspecified atom stereocenters. The largest absolute Gasteiger partial charge is 0.466 e. The van der Waals surface area contributed by atoms with Gasteiger partial charge in [-0.3, -0.25) is 4.79 Å². The Hall–Kier alpha value is -2.02. The predicted octanol–water partition coefficient (Wildman–Crippen LogP) is 2.45. The molecule has 1 aliphatic heterocycles. The summed E-state index contributed by atoms with van der Waals surface area (Å²) in [5, 5.41) is 17.2. The summed E-state index contributed by atoms with van der Waals surface area (Å²) in [7, 11) is 0. The first-order chi connectivity index (χ1) is 13.2. The zero-order chi connectivity index (χ0) is 20.7. The highest BCUT2D eigenvalue weighted by Crippen LogP contribution is 2.27. The van der Waals surface area contributed by atoms with Gasteiger partial charge in [-0.15, -0.1) is 0 Å². The van der Waals surface area contributed by atoms with Gasteiger partial charge in [0.2, 0.25) is 5.91 Å². The fraction of sp³-hybridized carbons (Fsp3) is 0.714. The fourth-order valence-electron chi connectivity index (χ4n) is 3.73. The van der Waals surface area contributed by atoms with Crippen molar-refractivity contribution >= 4 is 11.9 Å². The molecule has 2 rings (SSSR count). The van der Waals surface area contributed by atoms with Gasteiger partial charge in [0.05, 0.1) is 6.54 Å². The molecule has 0 aromatic carbocycles. The van der Waals surface area contributed by atoms with Crippen molar-refractivity contribution in [3.8, 4) is 0 Å². The van der Waals surface area contributed by atoms with Crippen LogP contribution in [0.3, 0.4) is 0 Å². The smallest absolute Gasteiger partial charge is 0.224 e. The number of furan rings is 1. The molecule has 2 heterocycles. The molecule has 7 nitrogen and oxygen atoms in total. The van der Waals surface area contributed by atoms with Crippen LogP contribution in [0.25, 0.3) is 0 Å². The lowest BCUT2D eigenvalue weighted by molar-refractivity contribution is -0.134. The van der Waals surface area contributed by atoms with Crippen LogP contribution in [0.2, 0.25) is 0 Å². The molecule has 7 heteroatoms. The van der Waals surface area contributed by atoms with Gasteiger partial charge in [0.15, 0.2) is 5.96 Å². The van der Waals surface area contributed by atoms with E-state index in [0.717, 1.165) is 30.7 Å². The number of piperidine rings is 1. The molecule has 1 saturated heterocycles. The van der Waals surface area contributed by atoms with Crippen LogP contribution in [0.15, 0.2) is 15.5 Å². The van der Waals surface area contributed by atoms with Gasteiger partial charge in [-0.25, -0.2) is 4.99 Å². The molecule has 0 radical (unpaired) electrons. The number of carbonyl (C=O) groups excluding carboxylic acids is 1. The lowest BCUT2D eigenvalue weighted by atomic mass is 9.96. The summed E-state index contributed by atoms with van der Waals surface area (Å²) in [6.07, 6.45) is 3.82. The molecule has 1 aromatic rings. The molecule has 0 spiro atoms. The Morgan fingerprint density at radius 1 is 1.39 bits per heavy atom. The molecular formula is C21H36N4O3. The van der Waals surface area contributed by atoms with E-state index in [1.807, 2.05) is 31.7 Å². The average Bonchev–Trinajstić information content (AvgIpc) is 2.99. The van der Waals surface area contributed by atoms with E-state index in [2.05, 4.69) is 22.5 Å². The number of carbonyl (C=O) groups is 1. The van der Waals surface area contributed by atoms with E-state index in [1.165, 1.54) is 6.42 Å². The number of nitrogens with zero attached hydrogens (tertiary/aromatic N) is 2. The third kappa shape index (κ3) is 5.99. The SMILES string of the molecule is CCNC(=NCC(C)(O)c1cc(C)oc1C)NCCC(=O)N1CCCCC1C. The van der Waals surface area contributed by atoms with Crippen LogP contribution in [-0.2, 0) is 10.4 Å². The van der Waals surface area contributed by atoms with Gasteiger partial charge in [-0.05, 0) is 59.9 Å². The highest BCUT2D eigenvalue weighted by atomic mass is 16.3. The third-order valence-corrected chi connectivity index (χ3v) is 5.27. The minimum absolute atomic E-state index is 0.187. The Balaban J connectivity index is 1.91. The first-order valence-electron chi connectivity index (χ1n) is 10.4. The van der Waals surface area contributed by atoms with Gasteiger partial charge >= 0.3 is 0 Å². The molecule has 158 valence electrons. The molecule has 2 atom stereocenters. The minimum Gasteiger partial charge on any atom is -0.466 e. The van der Waals surface area contributed by atoms with E-state index in [9.17, 15) is 9.90 Å². The first kappa shape index (κ1) is 22.3. The summed E-state index contributed by atoms with van der Waals surface area (Å²) in [6.45, 7) is 11.8. The van der Waals surface area contributed by atoms with Gasteiger partial charge in [-0.1, -0.05) is 0 Å². The van der Waals surface area contributed by atoms with Crippen LogP contribution in [0, 0.1) is 13.8 Å². The van der Waals surface area contributed by atoms with Crippen LogP contribution >= 0.6 is 0 Å². The van der Waals surface area contributed by atoms with Crippen molar-refractivity contribution in [3.05, 3.63) is 23.2 Å². The highest BCUT2D eigenvalue weighted by Gasteiger charge is 2.28. The molecule has 0 aliphatic carbocycles. The third-order valence-electron chi connectivity index (χ3n) is 5.27. The number of amides is 1. The van der Waals surface area contributed by atoms with Crippen molar-refractivity contribution in [2.75, 3.05) is 26.2 Å². The number of hydrogen-bond acceptors (Lipinski definition) is 4. The van der Waals surface area contributed by atoms with Gasteiger partial charge in [0.25, 0.3) is 0 Å². The standard InChI is InChI=1S/C21H36N4O3/c1-6-22-20(23-11-10-19(26)25-12-8-7-9-15(25)2)24-14-21(5,27)18-13-16(3)28-17(18)4/h13,15,27H,6-12,14H2,1-5H3,(H2,22,23,24). The summed E-state index contributed by atoms with van der Waals surface area (Å²) in [6, 6.07) is 2.18. The molecule has 1 aliphatic rings. The van der Waals surface area contributed by atoms with E-state index in [4.69, 9.17) is 4.42 Å². The summed E-state index contributed by atoms with van der Waals surface area (Å²) in [5.74, 6) is 2.26. The topological polar surface area (TPSA) is 90.1 Å². The fourth-order valence-corrected chi connectivity index (χ4v) is 3.73. The Morgan fingerprint density at radius 2 is 2.14 bits per heavy atom. The van der Waals surface area contributed by atoms with E-state index in [0.29, 0.717) is 37.3 Å². The van der Waals surface area contributed by atoms with Crippen LogP contribution in [-0.4, -0.2) is 54.1 Å². The van der Waals surface area contributed by atoms with Crippen LogP contribution in [0.5, 0.6) is 0 Å². The molecular weight excluding hydrogens is 356 g/mol.